The van der Waals surface area contributed by atoms with Gasteiger partial charge in [0.2, 0.25) is 0 Å². The summed E-state index contributed by atoms with van der Waals surface area (Å²) in [4.78, 5) is 20.7. The van der Waals surface area contributed by atoms with Crippen molar-refractivity contribution in [3.63, 3.8) is 0 Å². The third-order valence-corrected chi connectivity index (χ3v) is 5.74. The highest BCUT2D eigenvalue weighted by Gasteiger charge is 2.42. The second-order valence-corrected chi connectivity index (χ2v) is 8.23. The number of halogens is 2. The van der Waals surface area contributed by atoms with Crippen LogP contribution in [-0.2, 0) is 16.2 Å². The van der Waals surface area contributed by atoms with E-state index in [2.05, 4.69) is 5.48 Å². The van der Waals surface area contributed by atoms with Crippen molar-refractivity contribution < 1.29 is 14.0 Å². The van der Waals surface area contributed by atoms with Crippen molar-refractivity contribution in [2.75, 3.05) is 13.1 Å². The zero-order valence-corrected chi connectivity index (χ0v) is 16.2. The second kappa shape index (κ2) is 8.68. The normalized spacial score (nSPS) is 24.9. The lowest BCUT2D eigenvalue weighted by atomic mass is 9.87. The van der Waals surface area contributed by atoms with Crippen LogP contribution in [0, 0.1) is 11.7 Å². The fourth-order valence-corrected chi connectivity index (χ4v) is 4.34. The largest absolute Gasteiger partial charge is 0.340 e. The molecule has 1 atom stereocenters. The number of benzene rings is 1. The van der Waals surface area contributed by atoms with Crippen LogP contribution in [0.2, 0.25) is 5.02 Å². The molecular weight excluding hydrogens is 355 g/mol. The zero-order chi connectivity index (χ0) is 18.6. The predicted molar refractivity (Wildman–Crippen MR) is 100 cm³/mol. The van der Waals surface area contributed by atoms with Gasteiger partial charge < -0.3 is 4.90 Å². The fraction of sp³-hybridized carbons (Fsp3) is 0.650. The summed E-state index contributed by atoms with van der Waals surface area (Å²) in [6.45, 7) is 3.79. The molecule has 1 aromatic carbocycles. The van der Waals surface area contributed by atoms with Crippen molar-refractivity contribution in [1.29, 1.82) is 0 Å². The van der Waals surface area contributed by atoms with E-state index in [1.165, 1.54) is 44.2 Å². The third kappa shape index (κ3) is 4.96. The molecule has 0 radical (unpaired) electrons. The van der Waals surface area contributed by atoms with Gasteiger partial charge in [0.1, 0.15) is 5.82 Å². The maximum atomic E-state index is 13.4. The average molecular weight is 383 g/mol. The smallest absolute Gasteiger partial charge is 0.256 e. The van der Waals surface area contributed by atoms with Crippen molar-refractivity contribution in [2.24, 2.45) is 5.92 Å². The topological polar surface area (TPSA) is 41.6 Å². The van der Waals surface area contributed by atoms with E-state index >= 15 is 0 Å². The van der Waals surface area contributed by atoms with Gasteiger partial charge in [0, 0.05) is 24.7 Å². The molecule has 2 fully saturated rings. The van der Waals surface area contributed by atoms with E-state index in [9.17, 15) is 9.18 Å². The number of likely N-dealkylation sites (tertiary alicyclic amines) is 1. The first-order chi connectivity index (χ1) is 12.5. The Morgan fingerprint density at radius 2 is 2.04 bits per heavy atom. The molecule has 1 aliphatic carbocycles. The third-order valence-electron chi connectivity index (χ3n) is 5.52. The van der Waals surface area contributed by atoms with E-state index in [4.69, 9.17) is 16.4 Å². The van der Waals surface area contributed by atoms with Gasteiger partial charge in [-0.2, -0.15) is 5.48 Å². The monoisotopic (exact) mass is 382 g/mol. The molecule has 1 saturated heterocycles. The van der Waals surface area contributed by atoms with Crippen LogP contribution in [0.3, 0.4) is 0 Å². The lowest BCUT2D eigenvalue weighted by molar-refractivity contribution is -0.176. The molecular formula is C20H28ClFN2O2. The Balaban J connectivity index is 1.54. The summed E-state index contributed by atoms with van der Waals surface area (Å²) in [5.74, 6) is 0.296. The van der Waals surface area contributed by atoms with Crippen LogP contribution in [0.1, 0.15) is 57.4 Å². The Kier molecular flexibility index (Phi) is 6.54. The Morgan fingerprint density at radius 1 is 1.27 bits per heavy atom. The Morgan fingerprint density at radius 3 is 2.77 bits per heavy atom. The molecule has 144 valence electrons. The van der Waals surface area contributed by atoms with Crippen molar-refractivity contribution in [3.8, 4) is 0 Å². The fourth-order valence-electron chi connectivity index (χ4n) is 4.09. The van der Waals surface area contributed by atoms with Gasteiger partial charge in [-0.3, -0.25) is 9.63 Å². The summed E-state index contributed by atoms with van der Waals surface area (Å²) in [6.07, 6.45) is 7.93. The van der Waals surface area contributed by atoms with Crippen molar-refractivity contribution >= 4 is 17.5 Å². The molecule has 2 aliphatic rings. The first-order valence-electron chi connectivity index (χ1n) is 9.61. The molecule has 4 nitrogen and oxygen atoms in total. The minimum atomic E-state index is -0.871. The molecule has 0 unspecified atom stereocenters. The highest BCUT2D eigenvalue weighted by Crippen LogP contribution is 2.30. The lowest BCUT2D eigenvalue weighted by Gasteiger charge is -2.40. The van der Waals surface area contributed by atoms with Gasteiger partial charge in [-0.15, -0.1) is 0 Å². The summed E-state index contributed by atoms with van der Waals surface area (Å²) >= 11 is 5.87. The molecule has 1 heterocycles. The molecule has 6 heteroatoms. The van der Waals surface area contributed by atoms with E-state index in [0.717, 1.165) is 19.5 Å². The van der Waals surface area contributed by atoms with Gasteiger partial charge in [0.05, 0.1) is 0 Å². The first kappa shape index (κ1) is 19.6. The molecule has 26 heavy (non-hydrogen) atoms. The van der Waals surface area contributed by atoms with Gasteiger partial charge in [-0.05, 0) is 62.3 Å². The number of carbonyl (C=O) groups excluding carboxylic acids is 1. The van der Waals surface area contributed by atoms with Crippen molar-refractivity contribution in [1.82, 2.24) is 10.4 Å². The number of hydrogen-bond donors (Lipinski definition) is 1. The first-order valence-corrected chi connectivity index (χ1v) is 9.99. The number of hydroxylamine groups is 1. The maximum absolute atomic E-state index is 13.4. The molecule has 1 amide bonds. The molecule has 3 rings (SSSR count). The average Bonchev–Trinajstić information content (AvgIpc) is 2.59. The summed E-state index contributed by atoms with van der Waals surface area (Å²) in [7, 11) is 0. The lowest BCUT2D eigenvalue weighted by Crippen LogP contribution is -2.55. The second-order valence-electron chi connectivity index (χ2n) is 7.79. The van der Waals surface area contributed by atoms with Gasteiger partial charge in [0.25, 0.3) is 5.91 Å². The molecule has 0 spiro atoms. The quantitative estimate of drug-likeness (QED) is 0.738. The summed E-state index contributed by atoms with van der Waals surface area (Å²) in [5.41, 5.74) is 2.66. The number of nitrogens with zero attached hydrogens (tertiary/aromatic N) is 1. The number of piperidine rings is 1. The maximum Gasteiger partial charge on any atom is 0.256 e. The van der Waals surface area contributed by atoms with E-state index in [1.54, 1.807) is 6.07 Å². The Labute approximate surface area is 160 Å². The predicted octanol–water partition coefficient (Wildman–Crippen LogP) is 4.46. The van der Waals surface area contributed by atoms with Crippen LogP contribution >= 0.6 is 11.6 Å². The minimum Gasteiger partial charge on any atom is -0.340 e. The molecule has 0 bridgehead atoms. The van der Waals surface area contributed by atoms with E-state index in [0.29, 0.717) is 29.5 Å². The van der Waals surface area contributed by atoms with Gasteiger partial charge in [-0.1, -0.05) is 30.9 Å². The Bertz CT molecular complexity index is 616. The van der Waals surface area contributed by atoms with E-state index in [1.807, 2.05) is 11.8 Å². The van der Waals surface area contributed by atoms with Gasteiger partial charge >= 0.3 is 0 Å². The molecule has 1 aliphatic heterocycles. The standard InChI is InChI=1S/C20H28ClFN2O2/c1-20(26-23-13-16-10-17(21)12-18(22)11-16)8-5-9-24(19(20)25)14-15-6-3-2-4-7-15/h10-12,15,23H,2-9,13-14H2,1H3/t20-/m0/s1. The van der Waals surface area contributed by atoms with Crippen LogP contribution in [0.25, 0.3) is 0 Å². The molecule has 1 saturated carbocycles. The SMILES string of the molecule is C[C@]1(ONCc2cc(F)cc(Cl)c2)CCCN(CC2CCCCC2)C1=O. The van der Waals surface area contributed by atoms with Crippen LogP contribution in [0.15, 0.2) is 18.2 Å². The number of hydrogen-bond acceptors (Lipinski definition) is 3. The van der Waals surface area contributed by atoms with E-state index < -0.39 is 5.60 Å². The van der Waals surface area contributed by atoms with Crippen molar-refractivity contribution in [3.05, 3.63) is 34.6 Å². The summed E-state index contributed by atoms with van der Waals surface area (Å²) < 4.78 is 13.4. The minimum absolute atomic E-state index is 0.0547. The summed E-state index contributed by atoms with van der Waals surface area (Å²) in [5, 5.41) is 0.348. The Hall–Kier alpha value is -1.17. The molecule has 1 aromatic rings. The van der Waals surface area contributed by atoms with Crippen molar-refractivity contribution in [2.45, 2.75) is 64.0 Å². The number of rotatable bonds is 6. The molecule has 1 N–H and O–H groups in total. The van der Waals surface area contributed by atoms with Crippen LogP contribution in [0.5, 0.6) is 0 Å². The highest BCUT2D eigenvalue weighted by molar-refractivity contribution is 6.30. The summed E-state index contributed by atoms with van der Waals surface area (Å²) in [6, 6.07) is 4.35. The number of amides is 1. The van der Waals surface area contributed by atoms with Gasteiger partial charge in [0.15, 0.2) is 5.60 Å². The molecule has 0 aromatic heterocycles. The number of carbonyl (C=O) groups is 1. The van der Waals surface area contributed by atoms with Crippen LogP contribution < -0.4 is 5.48 Å². The van der Waals surface area contributed by atoms with Crippen LogP contribution in [0.4, 0.5) is 4.39 Å². The van der Waals surface area contributed by atoms with Gasteiger partial charge in [-0.25, -0.2) is 4.39 Å². The highest BCUT2D eigenvalue weighted by atomic mass is 35.5. The zero-order valence-electron chi connectivity index (χ0n) is 15.4. The number of nitrogens with one attached hydrogen (secondary N) is 1. The van der Waals surface area contributed by atoms with E-state index in [-0.39, 0.29) is 11.7 Å². The van der Waals surface area contributed by atoms with Crippen LogP contribution in [-0.4, -0.2) is 29.5 Å².